The predicted molar refractivity (Wildman–Crippen MR) is 107 cm³/mol. The summed E-state index contributed by atoms with van der Waals surface area (Å²) in [5.41, 5.74) is 4.15. The summed E-state index contributed by atoms with van der Waals surface area (Å²) >= 11 is 1.02. The Hall–Kier alpha value is -4.00. The summed E-state index contributed by atoms with van der Waals surface area (Å²) in [6, 6.07) is -1.05. The minimum Gasteiger partial charge on any atom is -0.479 e. The Morgan fingerprint density at radius 2 is 1.77 bits per heavy atom. The quantitative estimate of drug-likeness (QED) is 0.152. The van der Waals surface area contributed by atoms with Crippen LogP contribution >= 0.6 is 11.3 Å². The smallest absolute Gasteiger partial charge is 0.479 e. The first kappa shape index (κ1) is 29.0. The summed E-state index contributed by atoms with van der Waals surface area (Å²) in [6.45, 7) is 1.60. The third kappa shape index (κ3) is 8.07. The van der Waals surface area contributed by atoms with Crippen molar-refractivity contribution in [1.29, 1.82) is 0 Å². The Bertz CT molecular complexity index is 1030. The lowest BCUT2D eigenvalue weighted by molar-refractivity contribution is -0.257. The number of hydroxylamine groups is 2. The molecule has 0 spiro atoms. The topological polar surface area (TPSA) is 231 Å². The van der Waals surface area contributed by atoms with Crippen LogP contribution in [-0.4, -0.2) is 91.8 Å². The molecule has 1 aliphatic rings. The van der Waals surface area contributed by atoms with Crippen LogP contribution in [0.2, 0.25) is 0 Å². The number of β-lactam (4-membered cyclic amide) rings is 1. The second-order valence-electron chi connectivity index (χ2n) is 6.84. The summed E-state index contributed by atoms with van der Waals surface area (Å²) in [7, 11) is 0. The number of nitrogen functional groups attached to an aromatic ring is 1. The van der Waals surface area contributed by atoms with Crippen molar-refractivity contribution in [1.82, 2.24) is 15.4 Å². The van der Waals surface area contributed by atoms with E-state index in [1.54, 1.807) is 13.8 Å². The SMILES string of the molecule is CC1(C)[C@H](NC(=O)/C(=N\OCC(=O)O)c2csc(N)n2)C(=O)N1OCC(=O)O.O=C(O)C(F)(F)F. The van der Waals surface area contributed by atoms with Gasteiger partial charge in [0.05, 0.1) is 5.54 Å². The Labute approximate surface area is 196 Å². The van der Waals surface area contributed by atoms with E-state index in [4.69, 9.17) is 30.7 Å². The zero-order valence-electron chi connectivity index (χ0n) is 17.7. The number of aromatic nitrogens is 1. The molecule has 15 nitrogen and oxygen atoms in total. The number of oxime groups is 1. The highest BCUT2D eigenvalue weighted by atomic mass is 32.1. The zero-order chi connectivity index (χ0) is 27.1. The molecule has 6 N–H and O–H groups in total. The Morgan fingerprint density at radius 1 is 1.23 bits per heavy atom. The first-order valence-corrected chi connectivity index (χ1v) is 9.79. The van der Waals surface area contributed by atoms with E-state index < -0.39 is 60.7 Å². The van der Waals surface area contributed by atoms with Gasteiger partial charge in [-0.2, -0.15) is 13.2 Å². The molecule has 0 unspecified atom stereocenters. The summed E-state index contributed by atoms with van der Waals surface area (Å²) in [5, 5.41) is 32.7. The molecule has 1 saturated heterocycles. The number of carbonyl (C=O) groups excluding carboxylic acids is 2. The van der Waals surface area contributed by atoms with Crippen LogP contribution in [0.4, 0.5) is 18.3 Å². The number of rotatable bonds is 9. The number of carboxylic acids is 3. The van der Waals surface area contributed by atoms with E-state index in [-0.39, 0.29) is 16.5 Å². The molecular formula is C16H18F3N5O10S. The number of carbonyl (C=O) groups is 5. The standard InChI is InChI=1S/C14H17N5O8S.C2HF3O2/c1-14(2)10(12(25)19(14)27-4-8(22)23)17-11(24)9(18-26-3-7(20)21)6-5-28-13(15)16-6;3-2(4,5)1(6)7/h5,10H,3-4H2,1-2H3,(H2,15,16)(H,17,24)(H,20,21)(H,22,23);(H,6,7)/b18-9-;/t10-;/m1./s1. The Kier molecular flexibility index (Phi) is 9.47. The molecule has 1 fully saturated rings. The molecule has 2 rings (SSSR count). The van der Waals surface area contributed by atoms with E-state index in [1.165, 1.54) is 5.38 Å². The number of halogens is 3. The molecule has 0 aliphatic carbocycles. The molecule has 2 heterocycles. The number of hydrogen-bond acceptors (Lipinski definition) is 11. The van der Waals surface area contributed by atoms with Crippen molar-refractivity contribution < 1.29 is 62.1 Å². The number of anilines is 1. The lowest BCUT2D eigenvalue weighted by atomic mass is 9.84. The van der Waals surface area contributed by atoms with Gasteiger partial charge in [0, 0.05) is 5.38 Å². The Morgan fingerprint density at radius 3 is 2.17 bits per heavy atom. The van der Waals surface area contributed by atoms with E-state index in [0.29, 0.717) is 0 Å². The fourth-order valence-corrected chi connectivity index (χ4v) is 2.84. The highest BCUT2D eigenvalue weighted by molar-refractivity contribution is 7.13. The van der Waals surface area contributed by atoms with Gasteiger partial charge in [0.1, 0.15) is 11.7 Å². The number of nitrogens with two attached hydrogens (primary N) is 1. The third-order valence-electron chi connectivity index (χ3n) is 3.84. The van der Waals surface area contributed by atoms with Crippen LogP contribution in [0.1, 0.15) is 19.5 Å². The number of thiazole rings is 1. The maximum Gasteiger partial charge on any atom is 0.490 e. The molecule has 35 heavy (non-hydrogen) atoms. The van der Waals surface area contributed by atoms with Crippen LogP contribution in [0.15, 0.2) is 10.5 Å². The summed E-state index contributed by atoms with van der Waals surface area (Å²) in [6.07, 6.45) is -5.08. The Balaban J connectivity index is 0.000000762. The molecule has 1 aliphatic heterocycles. The number of amides is 2. The van der Waals surface area contributed by atoms with Gasteiger partial charge < -0.3 is 31.2 Å². The predicted octanol–water partition coefficient (Wildman–Crippen LogP) is -0.714. The van der Waals surface area contributed by atoms with Crippen molar-refractivity contribution in [3.63, 3.8) is 0 Å². The number of carboxylic acid groups (broad SMARTS) is 3. The van der Waals surface area contributed by atoms with Crippen molar-refractivity contribution in [3.05, 3.63) is 11.1 Å². The average molecular weight is 529 g/mol. The lowest BCUT2D eigenvalue weighted by Gasteiger charge is -2.51. The minimum absolute atomic E-state index is 0.0361. The minimum atomic E-state index is -5.08. The molecule has 1 aromatic rings. The van der Waals surface area contributed by atoms with Gasteiger partial charge >= 0.3 is 24.1 Å². The number of aliphatic carboxylic acids is 3. The van der Waals surface area contributed by atoms with Gasteiger partial charge in [0.15, 0.2) is 17.5 Å². The molecule has 1 aromatic heterocycles. The number of hydrogen-bond donors (Lipinski definition) is 5. The molecule has 2 amide bonds. The molecule has 0 aromatic carbocycles. The molecule has 1 atom stereocenters. The maximum absolute atomic E-state index is 12.6. The van der Waals surface area contributed by atoms with Gasteiger partial charge in [-0.05, 0) is 13.8 Å². The van der Waals surface area contributed by atoms with Gasteiger partial charge in [0.25, 0.3) is 11.8 Å². The average Bonchev–Trinajstić information content (AvgIpc) is 3.14. The van der Waals surface area contributed by atoms with E-state index >= 15 is 0 Å². The van der Waals surface area contributed by atoms with Gasteiger partial charge in [-0.1, -0.05) is 5.16 Å². The first-order valence-electron chi connectivity index (χ1n) is 8.91. The summed E-state index contributed by atoms with van der Waals surface area (Å²) in [4.78, 5) is 68.2. The summed E-state index contributed by atoms with van der Waals surface area (Å²) in [5.74, 6) is -6.85. The highest BCUT2D eigenvalue weighted by Crippen LogP contribution is 2.32. The van der Waals surface area contributed by atoms with Gasteiger partial charge in [0.2, 0.25) is 6.61 Å². The van der Waals surface area contributed by atoms with E-state index in [0.717, 1.165) is 16.4 Å². The van der Waals surface area contributed by atoms with Crippen molar-refractivity contribution in [2.45, 2.75) is 31.6 Å². The monoisotopic (exact) mass is 529 g/mol. The number of alkyl halides is 3. The van der Waals surface area contributed by atoms with Gasteiger partial charge in [-0.25, -0.2) is 24.4 Å². The molecule has 0 bridgehead atoms. The number of nitrogens with one attached hydrogen (secondary N) is 1. The van der Waals surface area contributed by atoms with Crippen molar-refractivity contribution >= 4 is 51.9 Å². The normalized spacial score (nSPS) is 16.9. The highest BCUT2D eigenvalue weighted by Gasteiger charge is 2.56. The van der Waals surface area contributed by atoms with Crippen LogP contribution in [-0.2, 0) is 33.6 Å². The second-order valence-corrected chi connectivity index (χ2v) is 7.73. The van der Waals surface area contributed by atoms with Crippen LogP contribution in [0.25, 0.3) is 0 Å². The third-order valence-corrected chi connectivity index (χ3v) is 4.51. The largest absolute Gasteiger partial charge is 0.490 e. The van der Waals surface area contributed by atoms with Crippen LogP contribution in [0.3, 0.4) is 0 Å². The fourth-order valence-electron chi connectivity index (χ4n) is 2.30. The van der Waals surface area contributed by atoms with Gasteiger partial charge in [-0.3, -0.25) is 14.4 Å². The lowest BCUT2D eigenvalue weighted by Crippen LogP contribution is -2.76. The number of nitrogens with zero attached hydrogens (tertiary/aromatic N) is 3. The molecule has 0 saturated carbocycles. The van der Waals surface area contributed by atoms with E-state index in [9.17, 15) is 32.3 Å². The fraction of sp³-hybridized carbons (Fsp3) is 0.438. The molecular weight excluding hydrogens is 511 g/mol. The molecule has 194 valence electrons. The molecule has 19 heteroatoms. The zero-order valence-corrected chi connectivity index (χ0v) is 18.5. The van der Waals surface area contributed by atoms with Crippen molar-refractivity contribution in [2.24, 2.45) is 5.16 Å². The van der Waals surface area contributed by atoms with Crippen molar-refractivity contribution in [3.8, 4) is 0 Å². The van der Waals surface area contributed by atoms with Crippen LogP contribution < -0.4 is 11.1 Å². The maximum atomic E-state index is 12.6. The van der Waals surface area contributed by atoms with E-state index in [1.807, 2.05) is 0 Å². The van der Waals surface area contributed by atoms with Gasteiger partial charge in [-0.15, -0.1) is 11.3 Å². The van der Waals surface area contributed by atoms with E-state index in [2.05, 4.69) is 20.3 Å². The summed E-state index contributed by atoms with van der Waals surface area (Å²) < 4.78 is 31.7. The molecule has 0 radical (unpaired) electrons. The van der Waals surface area contributed by atoms with Crippen LogP contribution in [0.5, 0.6) is 0 Å². The van der Waals surface area contributed by atoms with Crippen LogP contribution in [0, 0.1) is 0 Å². The first-order chi connectivity index (χ1) is 16.0. The second kappa shape index (κ2) is 11.4. The van der Waals surface area contributed by atoms with Crippen molar-refractivity contribution in [2.75, 3.05) is 18.9 Å².